The molecule has 0 aromatic heterocycles. The summed E-state index contributed by atoms with van der Waals surface area (Å²) in [6.07, 6.45) is 1.24. The van der Waals surface area contributed by atoms with Gasteiger partial charge in [-0.25, -0.2) is 12.8 Å². The van der Waals surface area contributed by atoms with Crippen LogP contribution in [0.15, 0.2) is 65.6 Å². The Morgan fingerprint density at radius 2 is 1.58 bits per heavy atom. The first-order chi connectivity index (χ1) is 17.1. The summed E-state index contributed by atoms with van der Waals surface area (Å²) in [7, 11) is -3.87. The summed E-state index contributed by atoms with van der Waals surface area (Å²) in [5.74, 6) is -0.671. The molecule has 1 heterocycles. The zero-order valence-electron chi connectivity index (χ0n) is 19.0. The van der Waals surface area contributed by atoms with E-state index in [0.29, 0.717) is 58.8 Å². The van der Waals surface area contributed by atoms with Crippen LogP contribution >= 0.6 is 34.8 Å². The van der Waals surface area contributed by atoms with Crippen LogP contribution < -0.4 is 10.0 Å². The Labute approximate surface area is 224 Å². The maximum atomic E-state index is 14.1. The fraction of sp³-hybridized carbons (Fsp3) is 0.240. The van der Waals surface area contributed by atoms with Crippen molar-refractivity contribution >= 4 is 62.1 Å². The van der Waals surface area contributed by atoms with E-state index in [1.807, 2.05) is 0 Å². The first-order valence-corrected chi connectivity index (χ1v) is 13.8. The molecule has 1 fully saturated rings. The number of amides is 1. The van der Waals surface area contributed by atoms with Gasteiger partial charge in [0, 0.05) is 38.8 Å². The van der Waals surface area contributed by atoms with Gasteiger partial charge in [0.25, 0.3) is 10.0 Å². The van der Waals surface area contributed by atoms with Crippen molar-refractivity contribution < 1.29 is 17.6 Å². The monoisotopic (exact) mass is 569 g/mol. The molecule has 2 N–H and O–H groups in total. The van der Waals surface area contributed by atoms with Crippen molar-refractivity contribution in [1.29, 1.82) is 0 Å². The van der Waals surface area contributed by atoms with Gasteiger partial charge in [-0.05, 0) is 80.5 Å². The molecule has 3 aromatic rings. The van der Waals surface area contributed by atoms with Crippen LogP contribution in [0.5, 0.6) is 0 Å². The van der Waals surface area contributed by atoms with Gasteiger partial charge in [0.05, 0.1) is 10.6 Å². The van der Waals surface area contributed by atoms with Crippen molar-refractivity contribution in [3.05, 3.63) is 87.1 Å². The van der Waals surface area contributed by atoms with Gasteiger partial charge in [-0.2, -0.15) is 0 Å². The lowest BCUT2D eigenvalue weighted by atomic mass is 9.95. The van der Waals surface area contributed by atoms with E-state index in [9.17, 15) is 17.6 Å². The normalized spacial score (nSPS) is 15.0. The zero-order valence-corrected chi connectivity index (χ0v) is 22.1. The minimum absolute atomic E-state index is 0.0247. The molecule has 4 rings (SSSR count). The average molecular weight is 571 g/mol. The van der Waals surface area contributed by atoms with Crippen molar-refractivity contribution in [2.24, 2.45) is 5.92 Å². The van der Waals surface area contributed by atoms with Gasteiger partial charge in [0.2, 0.25) is 5.91 Å². The minimum Gasteiger partial charge on any atom is -0.326 e. The molecule has 36 heavy (non-hydrogen) atoms. The number of likely N-dealkylation sites (tertiary alicyclic amines) is 1. The van der Waals surface area contributed by atoms with Gasteiger partial charge >= 0.3 is 0 Å². The van der Waals surface area contributed by atoms with Crippen LogP contribution in [0, 0.1) is 11.7 Å². The molecule has 1 aliphatic heterocycles. The van der Waals surface area contributed by atoms with Gasteiger partial charge < -0.3 is 5.32 Å². The Hall–Kier alpha value is -2.36. The maximum Gasteiger partial charge on any atom is 0.261 e. The molecule has 0 bridgehead atoms. The molecule has 6 nitrogen and oxygen atoms in total. The average Bonchev–Trinajstić information content (AvgIpc) is 2.81. The standard InChI is InChI=1S/C25H23Cl3FN3O3S/c26-17-12-18(27)14-20(13-17)31-36(34,35)21-6-4-19(5-7-21)30-25(33)16-8-10-32(11-9-16)15-22-23(28)2-1-3-24(22)29/h1-7,12-14,16,31H,8-11,15H2,(H,30,33). The van der Waals surface area contributed by atoms with E-state index >= 15 is 0 Å². The Kier molecular flexibility index (Phi) is 8.42. The Morgan fingerprint density at radius 3 is 2.19 bits per heavy atom. The molecule has 1 saturated heterocycles. The molecule has 3 aromatic carbocycles. The topological polar surface area (TPSA) is 78.5 Å². The molecule has 0 aliphatic carbocycles. The molecule has 0 radical (unpaired) electrons. The molecule has 0 saturated carbocycles. The number of hydrogen-bond donors (Lipinski definition) is 2. The van der Waals surface area contributed by atoms with Crippen molar-refractivity contribution in [3.8, 4) is 0 Å². The van der Waals surface area contributed by atoms with Crippen molar-refractivity contribution in [3.63, 3.8) is 0 Å². The summed E-state index contributed by atoms with van der Waals surface area (Å²) in [5, 5.41) is 3.86. The summed E-state index contributed by atoms with van der Waals surface area (Å²) in [5.41, 5.74) is 1.20. The lowest BCUT2D eigenvalue weighted by molar-refractivity contribution is -0.121. The highest BCUT2D eigenvalue weighted by atomic mass is 35.5. The smallest absolute Gasteiger partial charge is 0.261 e. The van der Waals surface area contributed by atoms with E-state index < -0.39 is 10.0 Å². The quantitative estimate of drug-likeness (QED) is 0.343. The van der Waals surface area contributed by atoms with E-state index in [4.69, 9.17) is 34.8 Å². The predicted octanol–water partition coefficient (Wildman–Crippen LogP) is 6.44. The number of carbonyl (C=O) groups excluding carboxylic acids is 1. The predicted molar refractivity (Wildman–Crippen MR) is 142 cm³/mol. The molecule has 0 atom stereocenters. The second kappa shape index (κ2) is 11.4. The first-order valence-electron chi connectivity index (χ1n) is 11.2. The van der Waals surface area contributed by atoms with Crippen LogP contribution in [0.1, 0.15) is 18.4 Å². The van der Waals surface area contributed by atoms with E-state index in [0.717, 1.165) is 0 Å². The number of rotatable bonds is 7. The number of anilines is 2. The number of nitrogens with zero attached hydrogens (tertiary/aromatic N) is 1. The van der Waals surface area contributed by atoms with Gasteiger partial charge in [0.15, 0.2) is 0 Å². The number of nitrogens with one attached hydrogen (secondary N) is 2. The number of carbonyl (C=O) groups is 1. The summed E-state index contributed by atoms with van der Waals surface area (Å²) in [4.78, 5) is 14.9. The number of halogens is 4. The minimum atomic E-state index is -3.87. The maximum absolute atomic E-state index is 14.1. The van der Waals surface area contributed by atoms with E-state index in [-0.39, 0.29) is 28.2 Å². The van der Waals surface area contributed by atoms with E-state index in [1.165, 1.54) is 48.5 Å². The second-order valence-corrected chi connectivity index (χ2v) is 11.5. The third-order valence-electron chi connectivity index (χ3n) is 5.95. The molecule has 1 aliphatic rings. The van der Waals surface area contributed by atoms with Crippen LogP contribution in [0.25, 0.3) is 0 Å². The van der Waals surface area contributed by atoms with Gasteiger partial charge in [-0.1, -0.05) is 40.9 Å². The summed E-state index contributed by atoms with van der Waals surface area (Å²) in [6.45, 7) is 1.67. The molecule has 0 unspecified atom stereocenters. The number of benzene rings is 3. The van der Waals surface area contributed by atoms with Gasteiger partial charge in [0.1, 0.15) is 5.82 Å². The largest absolute Gasteiger partial charge is 0.326 e. The number of sulfonamides is 1. The lowest BCUT2D eigenvalue weighted by Gasteiger charge is -2.31. The zero-order chi connectivity index (χ0) is 25.9. The van der Waals surface area contributed by atoms with Crippen LogP contribution in [-0.4, -0.2) is 32.3 Å². The second-order valence-electron chi connectivity index (χ2n) is 8.53. The molecule has 11 heteroatoms. The highest BCUT2D eigenvalue weighted by molar-refractivity contribution is 7.92. The molecule has 0 spiro atoms. The summed E-state index contributed by atoms with van der Waals surface area (Å²) >= 11 is 18.0. The Bertz CT molecular complexity index is 1320. The van der Waals surface area contributed by atoms with E-state index in [2.05, 4.69) is 14.9 Å². The lowest BCUT2D eigenvalue weighted by Crippen LogP contribution is -2.38. The summed E-state index contributed by atoms with van der Waals surface area (Å²) < 4.78 is 41.9. The van der Waals surface area contributed by atoms with Crippen molar-refractivity contribution in [1.82, 2.24) is 4.90 Å². The third kappa shape index (κ3) is 6.69. The van der Waals surface area contributed by atoms with Crippen LogP contribution in [0.4, 0.5) is 15.8 Å². The van der Waals surface area contributed by atoms with Crippen molar-refractivity contribution in [2.75, 3.05) is 23.1 Å². The Morgan fingerprint density at radius 1 is 0.944 bits per heavy atom. The van der Waals surface area contributed by atoms with Crippen LogP contribution in [0.2, 0.25) is 15.1 Å². The van der Waals surface area contributed by atoms with Crippen LogP contribution in [0.3, 0.4) is 0 Å². The van der Waals surface area contributed by atoms with Gasteiger partial charge in [-0.15, -0.1) is 0 Å². The number of hydrogen-bond acceptors (Lipinski definition) is 4. The Balaban J connectivity index is 1.32. The van der Waals surface area contributed by atoms with Crippen molar-refractivity contribution in [2.45, 2.75) is 24.3 Å². The first kappa shape index (κ1) is 26.7. The molecule has 1 amide bonds. The fourth-order valence-electron chi connectivity index (χ4n) is 4.05. The molecular weight excluding hydrogens is 548 g/mol. The third-order valence-corrected chi connectivity index (χ3v) is 8.14. The molecule has 190 valence electrons. The van der Waals surface area contributed by atoms with Gasteiger partial charge in [-0.3, -0.25) is 14.4 Å². The number of piperidine rings is 1. The molecular formula is C25H23Cl3FN3O3S. The van der Waals surface area contributed by atoms with Crippen LogP contribution in [-0.2, 0) is 21.4 Å². The van der Waals surface area contributed by atoms with E-state index in [1.54, 1.807) is 12.1 Å². The summed E-state index contributed by atoms with van der Waals surface area (Å²) in [6, 6.07) is 14.9. The highest BCUT2D eigenvalue weighted by Crippen LogP contribution is 2.27. The highest BCUT2D eigenvalue weighted by Gasteiger charge is 2.26. The fourth-order valence-corrected chi connectivity index (χ4v) is 5.84. The SMILES string of the molecule is O=C(Nc1ccc(S(=O)(=O)Nc2cc(Cl)cc(Cl)c2)cc1)C1CCN(Cc2c(F)cccc2Cl)CC1.